The quantitative estimate of drug-likeness (QED) is 0.251. The molecule has 2 aliphatic rings. The zero-order valence-electron chi connectivity index (χ0n) is 17.4. The van der Waals surface area contributed by atoms with Crippen LogP contribution in [0.15, 0.2) is 11.3 Å². The molecule has 0 unspecified atom stereocenters. The molecule has 1 N–H and O–H groups in total. The molecule has 0 bridgehead atoms. The predicted octanol–water partition coefficient (Wildman–Crippen LogP) is 0.0584. The lowest BCUT2D eigenvalue weighted by atomic mass is 9.98. The fraction of sp³-hybridized carbons (Fsp3) is 0.611. The average molecular weight is 443 g/mol. The van der Waals surface area contributed by atoms with Gasteiger partial charge in [-0.1, -0.05) is 0 Å². The van der Waals surface area contributed by atoms with Crippen molar-refractivity contribution in [3.05, 3.63) is 11.3 Å². The first-order chi connectivity index (χ1) is 14.0. The first-order valence-corrected chi connectivity index (χ1v) is 10.1. The normalized spacial score (nSPS) is 20.6. The van der Waals surface area contributed by atoms with Crippen LogP contribution in [0.3, 0.4) is 0 Å². The van der Waals surface area contributed by atoms with Crippen LogP contribution < -0.4 is 5.32 Å². The number of nitrogens with one attached hydrogen (secondary N) is 1. The maximum absolute atomic E-state index is 12.7. The molecule has 0 aliphatic carbocycles. The van der Waals surface area contributed by atoms with Crippen LogP contribution in [0.5, 0.6) is 0 Å². The fourth-order valence-corrected chi connectivity index (χ4v) is 3.91. The lowest BCUT2D eigenvalue weighted by Crippen LogP contribution is -2.69. The van der Waals surface area contributed by atoms with Crippen LogP contribution >= 0.6 is 11.8 Å². The van der Waals surface area contributed by atoms with Gasteiger partial charge in [-0.05, 0) is 20.8 Å². The van der Waals surface area contributed by atoms with E-state index < -0.39 is 47.6 Å². The number of hydrogen-bond acceptors (Lipinski definition) is 9. The summed E-state index contributed by atoms with van der Waals surface area (Å²) in [5.41, 5.74) is -0.479. The van der Waals surface area contributed by atoms with E-state index in [4.69, 9.17) is 14.2 Å². The Bertz CT molecular complexity index is 774. The molecule has 0 aromatic rings. The van der Waals surface area contributed by atoms with E-state index in [-0.39, 0.29) is 18.1 Å². The van der Waals surface area contributed by atoms with E-state index in [0.717, 1.165) is 0 Å². The zero-order chi connectivity index (χ0) is 22.6. The highest BCUT2D eigenvalue weighted by molar-refractivity contribution is 8.00. The molecule has 0 saturated carbocycles. The van der Waals surface area contributed by atoms with Crippen LogP contribution in [0, 0.1) is 5.41 Å². The third kappa shape index (κ3) is 5.04. The molecule has 1 saturated heterocycles. The Labute approximate surface area is 178 Å². The van der Waals surface area contributed by atoms with Gasteiger partial charge in [0.05, 0.1) is 5.41 Å². The summed E-state index contributed by atoms with van der Waals surface area (Å²) in [5, 5.41) is 1.93. The topological polar surface area (TPSA) is 132 Å². The Balaban J connectivity index is 2.16. The van der Waals surface area contributed by atoms with Crippen LogP contribution in [0.25, 0.3) is 0 Å². The van der Waals surface area contributed by atoms with E-state index >= 15 is 0 Å². The summed E-state index contributed by atoms with van der Waals surface area (Å²) in [7, 11) is 3.02. The number of carbonyl (C=O) groups is 5. The summed E-state index contributed by atoms with van der Waals surface area (Å²) in [6.07, 6.45) is -0.195. The van der Waals surface area contributed by atoms with Crippen LogP contribution in [0.1, 0.15) is 20.8 Å². The SMILES string of the molecule is CN(C)C(=O)OCC1=C(C(=O)OCOC(=O)C(C)(C)C)N2C(=O)[C@@H](NC=O)[C@H]2SC1. The molecule has 0 spiro atoms. The Morgan fingerprint density at radius 2 is 1.90 bits per heavy atom. The van der Waals surface area contributed by atoms with Gasteiger partial charge in [0.1, 0.15) is 23.7 Å². The molecule has 1 fully saturated rings. The van der Waals surface area contributed by atoms with Crippen molar-refractivity contribution < 1.29 is 38.2 Å². The monoisotopic (exact) mass is 443 g/mol. The van der Waals surface area contributed by atoms with Gasteiger partial charge in [-0.15, -0.1) is 11.8 Å². The van der Waals surface area contributed by atoms with Crippen molar-refractivity contribution >= 4 is 42.1 Å². The molecule has 11 nitrogen and oxygen atoms in total. The maximum Gasteiger partial charge on any atom is 0.409 e. The summed E-state index contributed by atoms with van der Waals surface area (Å²) in [5.74, 6) is -1.67. The fourth-order valence-electron chi connectivity index (χ4n) is 2.58. The van der Waals surface area contributed by atoms with Crippen LogP contribution in [0.4, 0.5) is 4.79 Å². The Kier molecular flexibility index (Phi) is 7.34. The number of hydrogen-bond donors (Lipinski definition) is 1. The molecule has 0 aromatic heterocycles. The van der Waals surface area contributed by atoms with E-state index in [0.29, 0.717) is 12.0 Å². The van der Waals surface area contributed by atoms with Crippen LogP contribution in [-0.4, -0.2) is 84.8 Å². The van der Waals surface area contributed by atoms with Crippen molar-refractivity contribution in [1.82, 2.24) is 15.1 Å². The highest BCUT2D eigenvalue weighted by Gasteiger charge is 2.54. The van der Waals surface area contributed by atoms with E-state index in [1.165, 1.54) is 35.7 Å². The van der Waals surface area contributed by atoms with Crippen molar-refractivity contribution in [2.75, 3.05) is 33.2 Å². The zero-order valence-corrected chi connectivity index (χ0v) is 18.2. The molecule has 2 heterocycles. The van der Waals surface area contributed by atoms with Gasteiger partial charge in [-0.25, -0.2) is 9.59 Å². The van der Waals surface area contributed by atoms with Gasteiger partial charge in [0, 0.05) is 25.4 Å². The minimum Gasteiger partial charge on any atom is -0.445 e. The number of nitrogens with zero attached hydrogens (tertiary/aromatic N) is 2. The standard InChI is InChI=1S/C18H25N3O8S/c1-18(2,3)16(25)29-9-28-15(24)12-10(6-27-17(26)20(4)5)7-30-14-11(19-8-22)13(23)21(12)14/h8,11,14H,6-7,9H2,1-5H3,(H,19,22)/t11-,14-/m1/s1. The molecule has 2 aliphatic heterocycles. The Hall–Kier alpha value is -2.76. The number of rotatable bonds is 7. The molecular weight excluding hydrogens is 418 g/mol. The average Bonchev–Trinajstić information content (AvgIpc) is 2.68. The highest BCUT2D eigenvalue weighted by Crippen LogP contribution is 2.40. The maximum atomic E-state index is 12.7. The number of β-lactam (4-membered cyclic amide) rings is 1. The molecule has 2 atom stereocenters. The van der Waals surface area contributed by atoms with Crippen molar-refractivity contribution in [1.29, 1.82) is 0 Å². The van der Waals surface area contributed by atoms with Crippen LogP contribution in [0.2, 0.25) is 0 Å². The minimum atomic E-state index is -0.893. The lowest BCUT2D eigenvalue weighted by molar-refractivity contribution is -0.173. The molecule has 12 heteroatoms. The van der Waals surface area contributed by atoms with E-state index in [1.54, 1.807) is 20.8 Å². The second-order valence-electron chi connectivity index (χ2n) is 7.80. The van der Waals surface area contributed by atoms with Crippen LogP contribution in [-0.2, 0) is 33.4 Å². The second-order valence-corrected chi connectivity index (χ2v) is 8.91. The van der Waals surface area contributed by atoms with Gasteiger partial charge in [-0.3, -0.25) is 19.3 Å². The second kappa shape index (κ2) is 9.37. The predicted molar refractivity (Wildman–Crippen MR) is 105 cm³/mol. The summed E-state index contributed by atoms with van der Waals surface area (Å²) in [4.78, 5) is 61.9. The number of thioether (sulfide) groups is 1. The number of fused-ring (bicyclic) bond motifs is 1. The lowest BCUT2D eigenvalue weighted by Gasteiger charge is -2.49. The summed E-state index contributed by atoms with van der Waals surface area (Å²) in [6, 6.07) is -0.764. The number of esters is 2. The summed E-state index contributed by atoms with van der Waals surface area (Å²) in [6.45, 7) is 4.10. The third-order valence-electron chi connectivity index (χ3n) is 4.22. The van der Waals surface area contributed by atoms with E-state index in [2.05, 4.69) is 5.32 Å². The minimum absolute atomic E-state index is 0.0777. The number of amides is 3. The van der Waals surface area contributed by atoms with Gasteiger partial charge in [0.15, 0.2) is 0 Å². The molecular formula is C18H25N3O8S. The van der Waals surface area contributed by atoms with Crippen molar-refractivity contribution in [2.24, 2.45) is 5.41 Å². The molecule has 0 radical (unpaired) electrons. The van der Waals surface area contributed by atoms with Crippen molar-refractivity contribution in [3.63, 3.8) is 0 Å². The Morgan fingerprint density at radius 1 is 1.23 bits per heavy atom. The highest BCUT2D eigenvalue weighted by atomic mass is 32.2. The first-order valence-electron chi connectivity index (χ1n) is 9.03. The van der Waals surface area contributed by atoms with Gasteiger partial charge in [-0.2, -0.15) is 0 Å². The molecule has 0 aromatic carbocycles. The number of carbonyl (C=O) groups excluding carboxylic acids is 5. The van der Waals surface area contributed by atoms with Gasteiger partial charge >= 0.3 is 18.0 Å². The van der Waals surface area contributed by atoms with Gasteiger partial charge in [0.25, 0.3) is 5.91 Å². The molecule has 166 valence electrons. The smallest absolute Gasteiger partial charge is 0.409 e. The molecule has 2 rings (SSSR count). The third-order valence-corrected chi connectivity index (χ3v) is 5.56. The largest absolute Gasteiger partial charge is 0.445 e. The molecule has 3 amide bonds. The van der Waals surface area contributed by atoms with E-state index in [9.17, 15) is 24.0 Å². The Morgan fingerprint density at radius 3 is 2.47 bits per heavy atom. The molecule has 30 heavy (non-hydrogen) atoms. The van der Waals surface area contributed by atoms with Crippen molar-refractivity contribution in [3.8, 4) is 0 Å². The van der Waals surface area contributed by atoms with E-state index in [1.807, 2.05) is 0 Å². The van der Waals surface area contributed by atoms with Crippen molar-refractivity contribution in [2.45, 2.75) is 32.2 Å². The summed E-state index contributed by atoms with van der Waals surface area (Å²) >= 11 is 1.31. The van der Waals surface area contributed by atoms with Gasteiger partial charge in [0.2, 0.25) is 13.2 Å². The summed E-state index contributed by atoms with van der Waals surface area (Å²) < 4.78 is 15.1. The number of ether oxygens (including phenoxy) is 3. The first kappa shape index (κ1) is 23.5. The van der Waals surface area contributed by atoms with Gasteiger partial charge < -0.3 is 24.4 Å².